The fourth-order valence-electron chi connectivity index (χ4n) is 1.84. The summed E-state index contributed by atoms with van der Waals surface area (Å²) >= 11 is 5.75. The number of aromatic nitrogens is 2. The van der Waals surface area contributed by atoms with Crippen LogP contribution in [-0.4, -0.2) is 36.1 Å². The first-order chi connectivity index (χ1) is 7.27. The van der Waals surface area contributed by atoms with E-state index in [0.29, 0.717) is 11.1 Å². The Morgan fingerprint density at radius 3 is 2.44 bits per heavy atom. The molecule has 1 N–H and O–H groups in total. The first-order valence-electron chi connectivity index (χ1n) is 5.18. The van der Waals surface area contributed by atoms with Gasteiger partial charge in [0.1, 0.15) is 0 Å². The minimum absolute atomic E-state index is 0. The summed E-state index contributed by atoms with van der Waals surface area (Å²) in [5, 5.41) is 3.92. The van der Waals surface area contributed by atoms with Crippen molar-refractivity contribution in [2.24, 2.45) is 0 Å². The average Bonchev–Trinajstić information content (AvgIpc) is 2.30. The standard InChI is InChI=1S/C10H15ClN4.ClH/c1-15(9-2-4-12-5-3-9)10-13-6-8(11)7-14-10;/h6-7,9,12H,2-5H2,1H3;1H. The monoisotopic (exact) mass is 262 g/mol. The summed E-state index contributed by atoms with van der Waals surface area (Å²) in [6, 6.07) is 0.535. The molecule has 1 aliphatic heterocycles. The number of nitrogens with zero attached hydrogens (tertiary/aromatic N) is 3. The van der Waals surface area contributed by atoms with E-state index in [4.69, 9.17) is 11.6 Å². The maximum atomic E-state index is 5.75. The van der Waals surface area contributed by atoms with E-state index in [1.54, 1.807) is 12.4 Å². The van der Waals surface area contributed by atoms with Crippen LogP contribution in [0, 0.1) is 0 Å². The number of rotatable bonds is 2. The van der Waals surface area contributed by atoms with Gasteiger partial charge in [0.15, 0.2) is 0 Å². The molecule has 1 aliphatic rings. The molecule has 1 aromatic rings. The fourth-order valence-corrected chi connectivity index (χ4v) is 1.94. The summed E-state index contributed by atoms with van der Waals surface area (Å²) < 4.78 is 0. The van der Waals surface area contributed by atoms with Gasteiger partial charge in [0.25, 0.3) is 0 Å². The Hall–Kier alpha value is -0.580. The molecule has 6 heteroatoms. The molecule has 0 aromatic carbocycles. The van der Waals surface area contributed by atoms with Gasteiger partial charge in [-0.25, -0.2) is 9.97 Å². The first kappa shape index (κ1) is 13.5. The molecule has 16 heavy (non-hydrogen) atoms. The molecule has 0 radical (unpaired) electrons. The predicted molar refractivity (Wildman–Crippen MR) is 68.6 cm³/mol. The lowest BCUT2D eigenvalue weighted by Crippen LogP contribution is -2.41. The predicted octanol–water partition coefficient (Wildman–Crippen LogP) is 1.74. The molecular weight excluding hydrogens is 247 g/mol. The summed E-state index contributed by atoms with van der Waals surface area (Å²) in [6.07, 6.45) is 5.56. The van der Waals surface area contributed by atoms with Gasteiger partial charge in [-0.3, -0.25) is 0 Å². The molecule has 0 amide bonds. The van der Waals surface area contributed by atoms with Crippen molar-refractivity contribution in [2.45, 2.75) is 18.9 Å². The minimum Gasteiger partial charge on any atom is -0.341 e. The number of hydrogen-bond acceptors (Lipinski definition) is 4. The summed E-state index contributed by atoms with van der Waals surface area (Å²) in [5.74, 6) is 0.756. The van der Waals surface area contributed by atoms with Crippen LogP contribution in [0.15, 0.2) is 12.4 Å². The van der Waals surface area contributed by atoms with E-state index in [0.717, 1.165) is 31.9 Å². The average molecular weight is 263 g/mol. The zero-order chi connectivity index (χ0) is 10.7. The van der Waals surface area contributed by atoms with Crippen molar-refractivity contribution in [2.75, 3.05) is 25.0 Å². The zero-order valence-electron chi connectivity index (χ0n) is 9.19. The molecule has 1 aromatic heterocycles. The smallest absolute Gasteiger partial charge is 0.225 e. The van der Waals surface area contributed by atoms with E-state index in [9.17, 15) is 0 Å². The molecule has 0 atom stereocenters. The highest BCUT2D eigenvalue weighted by atomic mass is 35.5. The molecule has 0 aliphatic carbocycles. The van der Waals surface area contributed by atoms with Crippen molar-refractivity contribution in [3.05, 3.63) is 17.4 Å². The van der Waals surface area contributed by atoms with Crippen LogP contribution in [0.4, 0.5) is 5.95 Å². The van der Waals surface area contributed by atoms with Crippen LogP contribution in [0.25, 0.3) is 0 Å². The molecule has 4 nitrogen and oxygen atoms in total. The van der Waals surface area contributed by atoms with Crippen LogP contribution in [0.5, 0.6) is 0 Å². The molecule has 1 fully saturated rings. The van der Waals surface area contributed by atoms with Crippen molar-refractivity contribution in [3.8, 4) is 0 Å². The van der Waals surface area contributed by atoms with Crippen molar-refractivity contribution < 1.29 is 0 Å². The van der Waals surface area contributed by atoms with E-state index in [2.05, 4.69) is 20.2 Å². The Kier molecular flexibility index (Phi) is 5.25. The van der Waals surface area contributed by atoms with Crippen LogP contribution in [0.3, 0.4) is 0 Å². The summed E-state index contributed by atoms with van der Waals surface area (Å²) in [6.45, 7) is 2.14. The lowest BCUT2D eigenvalue weighted by Gasteiger charge is -2.31. The third-order valence-electron chi connectivity index (χ3n) is 2.78. The topological polar surface area (TPSA) is 41.1 Å². The number of halogens is 2. The van der Waals surface area contributed by atoms with E-state index >= 15 is 0 Å². The van der Waals surface area contributed by atoms with E-state index < -0.39 is 0 Å². The fraction of sp³-hybridized carbons (Fsp3) is 0.600. The zero-order valence-corrected chi connectivity index (χ0v) is 10.8. The van der Waals surface area contributed by atoms with Gasteiger partial charge in [0.2, 0.25) is 5.95 Å². The maximum absolute atomic E-state index is 5.75. The summed E-state index contributed by atoms with van der Waals surface area (Å²) in [4.78, 5) is 10.6. The van der Waals surface area contributed by atoms with Gasteiger partial charge in [0.05, 0.1) is 17.4 Å². The van der Waals surface area contributed by atoms with E-state index in [1.165, 1.54) is 0 Å². The van der Waals surface area contributed by atoms with Crippen LogP contribution in [-0.2, 0) is 0 Å². The quantitative estimate of drug-likeness (QED) is 0.882. The van der Waals surface area contributed by atoms with Crippen molar-refractivity contribution in [1.82, 2.24) is 15.3 Å². The van der Waals surface area contributed by atoms with Crippen LogP contribution in [0.1, 0.15) is 12.8 Å². The molecule has 90 valence electrons. The van der Waals surface area contributed by atoms with Gasteiger partial charge in [-0.15, -0.1) is 12.4 Å². The Morgan fingerprint density at radius 1 is 1.31 bits per heavy atom. The first-order valence-corrected chi connectivity index (χ1v) is 5.56. The summed E-state index contributed by atoms with van der Waals surface area (Å²) in [7, 11) is 2.04. The van der Waals surface area contributed by atoms with Crippen LogP contribution in [0.2, 0.25) is 5.02 Å². The van der Waals surface area contributed by atoms with Crippen molar-refractivity contribution in [3.63, 3.8) is 0 Å². The maximum Gasteiger partial charge on any atom is 0.225 e. The Labute approximate surface area is 107 Å². The number of anilines is 1. The van der Waals surface area contributed by atoms with Gasteiger partial charge < -0.3 is 10.2 Å². The van der Waals surface area contributed by atoms with Gasteiger partial charge in [0, 0.05) is 13.1 Å². The largest absolute Gasteiger partial charge is 0.341 e. The molecule has 0 unspecified atom stereocenters. The highest BCUT2D eigenvalue weighted by Gasteiger charge is 2.19. The summed E-state index contributed by atoms with van der Waals surface area (Å²) in [5.41, 5.74) is 0. The Morgan fingerprint density at radius 2 is 1.88 bits per heavy atom. The lowest BCUT2D eigenvalue weighted by molar-refractivity contribution is 0.439. The third kappa shape index (κ3) is 3.20. The number of piperidine rings is 1. The van der Waals surface area contributed by atoms with E-state index in [1.807, 2.05) is 7.05 Å². The second kappa shape index (κ2) is 6.23. The van der Waals surface area contributed by atoms with Gasteiger partial charge >= 0.3 is 0 Å². The SMILES string of the molecule is CN(c1ncc(Cl)cn1)C1CCNCC1.Cl. The van der Waals surface area contributed by atoms with Crippen molar-refractivity contribution >= 4 is 30.0 Å². The lowest BCUT2D eigenvalue weighted by atomic mass is 10.1. The van der Waals surface area contributed by atoms with E-state index in [-0.39, 0.29) is 12.4 Å². The molecular formula is C10H16Cl2N4. The van der Waals surface area contributed by atoms with Gasteiger partial charge in [-0.1, -0.05) is 11.6 Å². The van der Waals surface area contributed by atoms with Crippen LogP contribution >= 0.6 is 24.0 Å². The molecule has 0 spiro atoms. The van der Waals surface area contributed by atoms with Gasteiger partial charge in [-0.05, 0) is 25.9 Å². The normalized spacial score (nSPS) is 16.6. The molecule has 0 bridgehead atoms. The molecule has 0 saturated carbocycles. The number of nitrogens with one attached hydrogen (secondary N) is 1. The third-order valence-corrected chi connectivity index (χ3v) is 2.97. The second-order valence-corrected chi connectivity index (χ2v) is 4.23. The van der Waals surface area contributed by atoms with Crippen LogP contribution < -0.4 is 10.2 Å². The van der Waals surface area contributed by atoms with Crippen molar-refractivity contribution in [1.29, 1.82) is 0 Å². The highest BCUT2D eigenvalue weighted by molar-refractivity contribution is 6.30. The second-order valence-electron chi connectivity index (χ2n) is 3.79. The highest BCUT2D eigenvalue weighted by Crippen LogP contribution is 2.16. The Balaban J connectivity index is 0.00000128. The minimum atomic E-state index is 0. The number of hydrogen-bond donors (Lipinski definition) is 1. The molecule has 2 heterocycles. The molecule has 1 saturated heterocycles. The Bertz CT molecular complexity index is 311. The van der Waals surface area contributed by atoms with Gasteiger partial charge in [-0.2, -0.15) is 0 Å². The molecule has 2 rings (SSSR count).